The van der Waals surface area contributed by atoms with Crippen LogP contribution < -0.4 is 14.4 Å². The summed E-state index contributed by atoms with van der Waals surface area (Å²) in [5, 5.41) is 11.1. The lowest BCUT2D eigenvalue weighted by molar-refractivity contribution is 0.0112. The van der Waals surface area contributed by atoms with Gasteiger partial charge in [0.05, 0.1) is 30.7 Å². The van der Waals surface area contributed by atoms with Gasteiger partial charge in [-0.2, -0.15) is 9.29 Å². The number of benzene rings is 1. The average Bonchev–Trinajstić information content (AvgIpc) is 2.86. The summed E-state index contributed by atoms with van der Waals surface area (Å²) in [5.41, 5.74) is 1.20. The Bertz CT molecular complexity index is 1350. The molecule has 11 heteroatoms. The smallest absolute Gasteiger partial charge is 0.243 e. The van der Waals surface area contributed by atoms with E-state index in [9.17, 15) is 13.5 Å². The Morgan fingerprint density at radius 3 is 2.41 bits per heavy atom. The number of aromatic nitrogens is 3. The summed E-state index contributed by atoms with van der Waals surface area (Å²) in [4.78, 5) is 15.4. The number of hydrogen-bond acceptors (Lipinski definition) is 9. The van der Waals surface area contributed by atoms with Gasteiger partial charge in [0.15, 0.2) is 0 Å². The van der Waals surface area contributed by atoms with Crippen molar-refractivity contribution in [1.29, 1.82) is 0 Å². The molecule has 10 nitrogen and oxygen atoms in total. The number of rotatable bonds is 7. The molecule has 2 saturated heterocycles. The molecule has 3 aromatic rings. The topological polar surface area (TPSA) is 118 Å². The van der Waals surface area contributed by atoms with Crippen molar-refractivity contribution in [1.82, 2.24) is 19.3 Å². The molecule has 0 unspecified atom stereocenters. The molecule has 0 spiro atoms. The van der Waals surface area contributed by atoms with E-state index in [-0.39, 0.29) is 19.2 Å². The van der Waals surface area contributed by atoms with Gasteiger partial charge in [0.2, 0.25) is 21.9 Å². The number of anilines is 1. The Morgan fingerprint density at radius 1 is 1.08 bits per heavy atom. The van der Waals surface area contributed by atoms with Crippen molar-refractivity contribution in [3.63, 3.8) is 0 Å². The fraction of sp³-hybridized carbons (Fsp3) is 0.423. The summed E-state index contributed by atoms with van der Waals surface area (Å²) >= 11 is 0. The molecule has 0 radical (unpaired) electrons. The molecule has 2 aliphatic heterocycles. The maximum absolute atomic E-state index is 13.2. The van der Waals surface area contributed by atoms with E-state index >= 15 is 0 Å². The first-order chi connectivity index (χ1) is 17.7. The van der Waals surface area contributed by atoms with E-state index in [4.69, 9.17) is 9.47 Å². The summed E-state index contributed by atoms with van der Waals surface area (Å²) in [6.45, 7) is 5.21. The normalized spacial score (nSPS) is 18.3. The minimum atomic E-state index is -3.64. The molecule has 2 aromatic heterocycles. The van der Waals surface area contributed by atoms with Crippen molar-refractivity contribution >= 4 is 16.0 Å². The maximum Gasteiger partial charge on any atom is 0.243 e. The van der Waals surface area contributed by atoms with E-state index < -0.39 is 15.6 Å². The van der Waals surface area contributed by atoms with E-state index in [2.05, 4.69) is 15.0 Å². The summed E-state index contributed by atoms with van der Waals surface area (Å²) in [7, 11) is -2.08. The van der Waals surface area contributed by atoms with E-state index in [0.29, 0.717) is 59.5 Å². The number of sulfonamides is 1. The van der Waals surface area contributed by atoms with Gasteiger partial charge >= 0.3 is 0 Å². The third-order valence-corrected chi connectivity index (χ3v) is 9.20. The maximum atomic E-state index is 13.2. The minimum Gasteiger partial charge on any atom is -0.497 e. The van der Waals surface area contributed by atoms with Crippen LogP contribution in [0.5, 0.6) is 11.6 Å². The van der Waals surface area contributed by atoms with Crippen LogP contribution in [0.1, 0.15) is 29.5 Å². The molecule has 0 amide bonds. The first-order valence-electron chi connectivity index (χ1n) is 12.2. The van der Waals surface area contributed by atoms with Crippen LogP contribution in [0.25, 0.3) is 0 Å². The monoisotopic (exact) mass is 525 g/mol. The lowest BCUT2D eigenvalue weighted by Gasteiger charge is -2.39. The van der Waals surface area contributed by atoms with Crippen molar-refractivity contribution in [2.75, 3.05) is 38.2 Å². The van der Waals surface area contributed by atoms with Gasteiger partial charge in [0, 0.05) is 43.3 Å². The number of aliphatic hydroxyl groups is 1. The molecule has 0 atom stereocenters. The molecule has 2 aliphatic rings. The van der Waals surface area contributed by atoms with E-state index in [1.165, 1.54) is 4.31 Å². The van der Waals surface area contributed by atoms with Crippen LogP contribution in [0, 0.1) is 13.8 Å². The number of aryl methyl sites for hydroxylation is 2. The van der Waals surface area contributed by atoms with Gasteiger partial charge in [-0.1, -0.05) is 6.07 Å². The van der Waals surface area contributed by atoms with Crippen molar-refractivity contribution in [3.8, 4) is 11.6 Å². The SMILES string of the molecule is COc1cc(C)c(S(=O)(=O)N2CC(Oc3ccnc(N4CCC(O)(c5cccnc5)CC4)n3)C2)c(C)c1. The second kappa shape index (κ2) is 9.88. The number of ether oxygens (including phenoxy) is 2. The number of piperidine rings is 1. The van der Waals surface area contributed by atoms with E-state index in [0.717, 1.165) is 5.56 Å². The van der Waals surface area contributed by atoms with Gasteiger partial charge in [-0.3, -0.25) is 4.98 Å². The second-order valence-corrected chi connectivity index (χ2v) is 11.5. The van der Waals surface area contributed by atoms with Gasteiger partial charge in [-0.05, 0) is 56.0 Å². The zero-order valence-electron chi connectivity index (χ0n) is 21.2. The Balaban J connectivity index is 1.20. The molecule has 1 N–H and O–H groups in total. The van der Waals surface area contributed by atoms with Crippen LogP contribution in [-0.2, 0) is 15.6 Å². The molecular weight excluding hydrogens is 494 g/mol. The van der Waals surface area contributed by atoms with Gasteiger partial charge in [0.1, 0.15) is 11.9 Å². The summed E-state index contributed by atoms with van der Waals surface area (Å²) in [6, 6.07) is 8.86. The minimum absolute atomic E-state index is 0.244. The molecular formula is C26H31N5O5S. The number of nitrogens with zero attached hydrogens (tertiary/aromatic N) is 5. The molecule has 0 aliphatic carbocycles. The molecule has 4 heterocycles. The van der Waals surface area contributed by atoms with Crippen molar-refractivity contribution in [2.45, 2.75) is 43.3 Å². The van der Waals surface area contributed by atoms with Crippen LogP contribution in [0.2, 0.25) is 0 Å². The first-order valence-corrected chi connectivity index (χ1v) is 13.7. The zero-order valence-corrected chi connectivity index (χ0v) is 22.0. The lowest BCUT2D eigenvalue weighted by atomic mass is 9.85. The van der Waals surface area contributed by atoms with E-state index in [1.54, 1.807) is 57.7 Å². The van der Waals surface area contributed by atoms with E-state index in [1.807, 2.05) is 17.0 Å². The fourth-order valence-electron chi connectivity index (χ4n) is 4.96. The molecule has 37 heavy (non-hydrogen) atoms. The number of hydrogen-bond donors (Lipinski definition) is 1. The van der Waals surface area contributed by atoms with Gasteiger partial charge in [0.25, 0.3) is 0 Å². The highest BCUT2D eigenvalue weighted by molar-refractivity contribution is 7.89. The Kier molecular flexibility index (Phi) is 6.78. The highest BCUT2D eigenvalue weighted by Gasteiger charge is 2.40. The van der Waals surface area contributed by atoms with Crippen molar-refractivity contribution < 1.29 is 23.0 Å². The Labute approximate surface area is 217 Å². The molecule has 0 bridgehead atoms. The summed E-state index contributed by atoms with van der Waals surface area (Å²) in [5.74, 6) is 1.56. The van der Waals surface area contributed by atoms with Gasteiger partial charge < -0.3 is 19.5 Å². The number of pyridine rings is 1. The van der Waals surface area contributed by atoms with Gasteiger partial charge in [-0.15, -0.1) is 0 Å². The molecule has 196 valence electrons. The molecule has 2 fully saturated rings. The lowest BCUT2D eigenvalue weighted by Crippen LogP contribution is -2.56. The Morgan fingerprint density at radius 2 is 1.78 bits per heavy atom. The largest absolute Gasteiger partial charge is 0.497 e. The van der Waals surface area contributed by atoms with Crippen LogP contribution in [0.15, 0.2) is 53.8 Å². The molecule has 1 aromatic carbocycles. The third-order valence-electron chi connectivity index (χ3n) is 7.06. The van der Waals surface area contributed by atoms with Crippen LogP contribution >= 0.6 is 0 Å². The van der Waals surface area contributed by atoms with Crippen LogP contribution in [-0.4, -0.2) is 72.2 Å². The molecule has 5 rings (SSSR count). The zero-order chi connectivity index (χ0) is 26.2. The quantitative estimate of drug-likeness (QED) is 0.496. The first kappa shape index (κ1) is 25.4. The van der Waals surface area contributed by atoms with Gasteiger partial charge in [-0.25, -0.2) is 13.4 Å². The van der Waals surface area contributed by atoms with Crippen molar-refractivity contribution in [3.05, 3.63) is 65.6 Å². The van der Waals surface area contributed by atoms with Crippen LogP contribution in [0.3, 0.4) is 0 Å². The van der Waals surface area contributed by atoms with Crippen molar-refractivity contribution in [2.24, 2.45) is 0 Å². The average molecular weight is 526 g/mol. The number of methoxy groups -OCH3 is 1. The Hall–Kier alpha value is -3.28. The fourth-order valence-corrected chi connectivity index (χ4v) is 6.88. The predicted octanol–water partition coefficient (Wildman–Crippen LogP) is 2.44. The standard InChI is InChI=1S/C26H31N5O5S/c1-18-13-21(35-3)14-19(2)24(18)37(33,34)31-16-22(17-31)36-23-6-10-28-25(29-23)30-11-7-26(32,8-12-30)20-5-4-9-27-15-20/h4-6,9-10,13-15,22,32H,7-8,11-12,16-17H2,1-3H3. The summed E-state index contributed by atoms with van der Waals surface area (Å²) in [6.07, 6.45) is 5.81. The predicted molar refractivity (Wildman–Crippen MR) is 137 cm³/mol. The molecule has 0 saturated carbocycles. The summed E-state index contributed by atoms with van der Waals surface area (Å²) < 4.78 is 39.1. The highest BCUT2D eigenvalue weighted by atomic mass is 32.2. The van der Waals surface area contributed by atoms with Crippen LogP contribution in [0.4, 0.5) is 5.95 Å². The highest BCUT2D eigenvalue weighted by Crippen LogP contribution is 2.34. The second-order valence-electron chi connectivity index (χ2n) is 9.61. The third kappa shape index (κ3) is 4.98.